The Balaban J connectivity index is 3.04. The van der Waals surface area contributed by atoms with Gasteiger partial charge in [-0.25, -0.2) is 13.4 Å². The Hall–Kier alpha value is -1.11. The fourth-order valence-corrected chi connectivity index (χ4v) is 1.68. The van der Waals surface area contributed by atoms with Crippen LogP contribution in [-0.4, -0.2) is 19.7 Å². The fourth-order valence-electron chi connectivity index (χ4n) is 0.986. The molecule has 0 aliphatic heterocycles. The number of hydrogen-bond acceptors (Lipinski definition) is 3. The number of halogens is 3. The Morgan fingerprint density at radius 1 is 1.33 bits per heavy atom. The van der Waals surface area contributed by atoms with E-state index in [1.54, 1.807) is 0 Å². The van der Waals surface area contributed by atoms with E-state index in [1.807, 2.05) is 0 Å². The molecule has 0 aromatic carbocycles. The minimum atomic E-state index is -4.55. The second-order valence-electron chi connectivity index (χ2n) is 3.08. The zero-order valence-corrected chi connectivity index (χ0v) is 8.56. The summed E-state index contributed by atoms with van der Waals surface area (Å²) >= 11 is 0. The Morgan fingerprint density at radius 2 is 1.93 bits per heavy atom. The number of nitrogens with zero attached hydrogens (tertiary/aromatic N) is 1. The van der Waals surface area contributed by atoms with E-state index in [4.69, 9.17) is 0 Å². The number of aromatic nitrogens is 1. The van der Waals surface area contributed by atoms with Gasteiger partial charge in [-0.15, -0.1) is 0 Å². The fraction of sp³-hybridized carbons (Fsp3) is 0.375. The SMILES string of the molecule is CS(=O)(=O)Cc1cccc(C(F)(F)F)n1. The molecule has 0 saturated carbocycles. The monoisotopic (exact) mass is 239 g/mol. The van der Waals surface area contributed by atoms with E-state index in [1.165, 1.54) is 6.07 Å². The Labute approximate surface area is 84.9 Å². The molecule has 0 amide bonds. The number of hydrogen-bond donors (Lipinski definition) is 0. The summed E-state index contributed by atoms with van der Waals surface area (Å²) < 4.78 is 58.2. The zero-order chi connectivity index (χ0) is 11.7. The van der Waals surface area contributed by atoms with Gasteiger partial charge in [0.1, 0.15) is 5.69 Å². The molecule has 0 aliphatic rings. The third-order valence-electron chi connectivity index (χ3n) is 1.51. The molecule has 0 atom stereocenters. The standard InChI is InChI=1S/C8H8F3NO2S/c1-15(13,14)5-6-3-2-4-7(12-6)8(9,10)11/h2-4H,5H2,1H3. The molecule has 0 radical (unpaired) electrons. The molecule has 0 bridgehead atoms. The van der Waals surface area contributed by atoms with Crippen molar-refractivity contribution in [3.63, 3.8) is 0 Å². The highest BCUT2D eigenvalue weighted by Gasteiger charge is 2.32. The molecule has 0 fully saturated rings. The molecule has 0 saturated heterocycles. The van der Waals surface area contributed by atoms with Crippen molar-refractivity contribution in [3.05, 3.63) is 29.6 Å². The average molecular weight is 239 g/mol. The highest BCUT2D eigenvalue weighted by Crippen LogP contribution is 2.27. The van der Waals surface area contributed by atoms with Crippen LogP contribution in [0.15, 0.2) is 18.2 Å². The second kappa shape index (κ2) is 3.80. The van der Waals surface area contributed by atoms with Gasteiger partial charge in [-0.3, -0.25) is 0 Å². The van der Waals surface area contributed by atoms with Crippen LogP contribution in [-0.2, 0) is 21.8 Å². The lowest BCUT2D eigenvalue weighted by Gasteiger charge is -2.06. The van der Waals surface area contributed by atoms with Gasteiger partial charge in [-0.05, 0) is 12.1 Å². The number of pyridine rings is 1. The van der Waals surface area contributed by atoms with Gasteiger partial charge in [0.15, 0.2) is 9.84 Å². The number of alkyl halides is 3. The van der Waals surface area contributed by atoms with E-state index in [9.17, 15) is 21.6 Å². The van der Waals surface area contributed by atoms with E-state index < -0.39 is 27.5 Å². The van der Waals surface area contributed by atoms with E-state index >= 15 is 0 Å². The Kier molecular flexibility index (Phi) is 3.03. The van der Waals surface area contributed by atoms with Crippen molar-refractivity contribution in [1.29, 1.82) is 0 Å². The van der Waals surface area contributed by atoms with Gasteiger partial charge in [0, 0.05) is 6.26 Å². The summed E-state index contributed by atoms with van der Waals surface area (Å²) in [6, 6.07) is 3.18. The van der Waals surface area contributed by atoms with Crippen LogP contribution in [0.25, 0.3) is 0 Å². The topological polar surface area (TPSA) is 47.0 Å². The van der Waals surface area contributed by atoms with E-state index in [2.05, 4.69) is 4.98 Å². The summed E-state index contributed by atoms with van der Waals surface area (Å²) in [5.41, 5.74) is -1.18. The maximum Gasteiger partial charge on any atom is 0.433 e. The van der Waals surface area contributed by atoms with Crippen molar-refractivity contribution < 1.29 is 21.6 Å². The molecule has 0 unspecified atom stereocenters. The van der Waals surface area contributed by atoms with Crippen LogP contribution in [0.5, 0.6) is 0 Å². The highest BCUT2D eigenvalue weighted by atomic mass is 32.2. The van der Waals surface area contributed by atoms with Crippen LogP contribution in [0, 0.1) is 0 Å². The maximum atomic E-state index is 12.2. The van der Waals surface area contributed by atoms with Crippen LogP contribution in [0.1, 0.15) is 11.4 Å². The molecule has 7 heteroatoms. The molecular weight excluding hydrogens is 231 g/mol. The van der Waals surface area contributed by atoms with Gasteiger partial charge >= 0.3 is 6.18 Å². The lowest BCUT2D eigenvalue weighted by Crippen LogP contribution is -2.11. The van der Waals surface area contributed by atoms with Gasteiger partial charge in [0.25, 0.3) is 0 Å². The van der Waals surface area contributed by atoms with Crippen LogP contribution < -0.4 is 0 Å². The summed E-state index contributed by atoms with van der Waals surface area (Å²) in [6.07, 6.45) is -3.61. The molecule has 1 rings (SSSR count). The number of sulfone groups is 1. The molecule has 0 aliphatic carbocycles. The first kappa shape index (κ1) is 12.0. The summed E-state index contributed by atoms with van der Waals surface area (Å²) in [7, 11) is -3.37. The van der Waals surface area contributed by atoms with Gasteiger partial charge in [0.05, 0.1) is 11.4 Å². The van der Waals surface area contributed by atoms with Gasteiger partial charge in [0.2, 0.25) is 0 Å². The molecule has 1 heterocycles. The van der Waals surface area contributed by atoms with E-state index in [-0.39, 0.29) is 5.69 Å². The Morgan fingerprint density at radius 3 is 2.40 bits per heavy atom. The summed E-state index contributed by atoms with van der Waals surface area (Å²) in [6.45, 7) is 0. The average Bonchev–Trinajstić information content (AvgIpc) is 1.99. The molecule has 3 nitrogen and oxygen atoms in total. The first-order valence-electron chi connectivity index (χ1n) is 3.89. The minimum Gasteiger partial charge on any atom is -0.247 e. The molecular formula is C8H8F3NO2S. The highest BCUT2D eigenvalue weighted by molar-refractivity contribution is 7.89. The molecule has 0 N–H and O–H groups in total. The maximum absolute atomic E-state index is 12.2. The normalized spacial score (nSPS) is 12.8. The largest absolute Gasteiger partial charge is 0.433 e. The van der Waals surface area contributed by atoms with Crippen molar-refractivity contribution in [2.24, 2.45) is 0 Å². The first-order chi connectivity index (χ1) is 6.68. The van der Waals surface area contributed by atoms with E-state index in [0.29, 0.717) is 0 Å². The quantitative estimate of drug-likeness (QED) is 0.788. The van der Waals surface area contributed by atoms with Crippen molar-refractivity contribution in [2.75, 3.05) is 6.26 Å². The van der Waals surface area contributed by atoms with Crippen LogP contribution in [0.2, 0.25) is 0 Å². The van der Waals surface area contributed by atoms with Crippen molar-refractivity contribution in [3.8, 4) is 0 Å². The zero-order valence-electron chi connectivity index (χ0n) is 7.75. The summed E-state index contributed by atoms with van der Waals surface area (Å²) in [5, 5.41) is 0. The van der Waals surface area contributed by atoms with E-state index in [0.717, 1.165) is 18.4 Å². The van der Waals surface area contributed by atoms with Crippen LogP contribution >= 0.6 is 0 Å². The lowest BCUT2D eigenvalue weighted by molar-refractivity contribution is -0.141. The predicted octanol–water partition coefficient (Wildman–Crippen LogP) is 1.65. The van der Waals surface area contributed by atoms with Crippen LogP contribution in [0.4, 0.5) is 13.2 Å². The van der Waals surface area contributed by atoms with Crippen LogP contribution in [0.3, 0.4) is 0 Å². The van der Waals surface area contributed by atoms with Crippen molar-refractivity contribution >= 4 is 9.84 Å². The smallest absolute Gasteiger partial charge is 0.247 e. The molecule has 1 aromatic heterocycles. The predicted molar refractivity (Wildman–Crippen MR) is 47.8 cm³/mol. The van der Waals surface area contributed by atoms with Crippen molar-refractivity contribution in [1.82, 2.24) is 4.98 Å². The lowest BCUT2D eigenvalue weighted by atomic mass is 10.3. The summed E-state index contributed by atoms with van der Waals surface area (Å²) in [5.74, 6) is -0.489. The molecule has 15 heavy (non-hydrogen) atoms. The van der Waals surface area contributed by atoms with Crippen molar-refractivity contribution in [2.45, 2.75) is 11.9 Å². The molecule has 0 spiro atoms. The Bertz CT molecular complexity index is 453. The van der Waals surface area contributed by atoms with Gasteiger partial charge in [-0.2, -0.15) is 13.2 Å². The number of rotatable bonds is 2. The minimum absolute atomic E-state index is 0.104. The second-order valence-corrected chi connectivity index (χ2v) is 5.22. The first-order valence-corrected chi connectivity index (χ1v) is 5.95. The third kappa shape index (κ3) is 3.86. The molecule has 1 aromatic rings. The third-order valence-corrected chi connectivity index (χ3v) is 2.33. The summed E-state index contributed by atoms with van der Waals surface area (Å²) in [4.78, 5) is 3.23. The molecule has 84 valence electrons. The van der Waals surface area contributed by atoms with Gasteiger partial charge < -0.3 is 0 Å². The van der Waals surface area contributed by atoms with Gasteiger partial charge in [-0.1, -0.05) is 6.07 Å².